The molecule has 0 bridgehead atoms. The second-order valence-corrected chi connectivity index (χ2v) is 7.70. The molecule has 24 heavy (non-hydrogen) atoms. The molecule has 8 nitrogen and oxygen atoms in total. The van der Waals surface area contributed by atoms with Crippen LogP contribution in [0.2, 0.25) is 0 Å². The Labute approximate surface area is 142 Å². The smallest absolute Gasteiger partial charge is 0.224 e. The molecule has 0 spiro atoms. The van der Waals surface area contributed by atoms with E-state index >= 15 is 0 Å². The number of aliphatic hydroxyl groups excluding tert-OH is 2. The predicted molar refractivity (Wildman–Crippen MR) is 92.3 cm³/mol. The number of nitrogens with two attached hydrogens (primary N) is 1. The van der Waals surface area contributed by atoms with Crippen molar-refractivity contribution in [1.29, 1.82) is 0 Å². The molecule has 4 rings (SSSR count). The van der Waals surface area contributed by atoms with Crippen LogP contribution in [0.1, 0.15) is 24.6 Å². The molecule has 5 N–H and O–H groups in total. The number of rotatable bonds is 4. The Balaban J connectivity index is 1.76. The Bertz CT molecular complexity index is 829. The summed E-state index contributed by atoms with van der Waals surface area (Å²) in [6, 6.07) is 0.398. The summed E-state index contributed by atoms with van der Waals surface area (Å²) in [7, 11) is 0. The summed E-state index contributed by atoms with van der Waals surface area (Å²) < 4.78 is 0.905. The van der Waals surface area contributed by atoms with Crippen molar-refractivity contribution in [3.63, 3.8) is 0 Å². The van der Waals surface area contributed by atoms with Gasteiger partial charge in [-0.3, -0.25) is 0 Å². The van der Waals surface area contributed by atoms with Crippen LogP contribution < -0.4 is 11.1 Å². The molecular formula is C15H18N6O2S. The van der Waals surface area contributed by atoms with E-state index in [-0.39, 0.29) is 17.9 Å². The van der Waals surface area contributed by atoms with E-state index in [0.29, 0.717) is 23.9 Å². The topological polar surface area (TPSA) is 122 Å². The lowest BCUT2D eigenvalue weighted by atomic mass is 10.0. The number of anilines is 2. The highest BCUT2D eigenvalue weighted by Gasteiger charge is 2.47. The summed E-state index contributed by atoms with van der Waals surface area (Å²) in [5.41, 5.74) is 7.02. The maximum atomic E-state index is 10.3. The third kappa shape index (κ3) is 2.38. The largest absolute Gasteiger partial charge is 0.394 e. The molecule has 2 aliphatic rings. The van der Waals surface area contributed by atoms with E-state index in [0.717, 1.165) is 18.4 Å². The maximum absolute atomic E-state index is 10.3. The molecule has 1 saturated heterocycles. The zero-order valence-corrected chi connectivity index (χ0v) is 13.7. The van der Waals surface area contributed by atoms with Gasteiger partial charge in [0, 0.05) is 12.5 Å². The third-order valence-electron chi connectivity index (χ3n) is 4.46. The van der Waals surface area contributed by atoms with Crippen LogP contribution in [0.15, 0.2) is 6.33 Å². The van der Waals surface area contributed by atoms with E-state index in [2.05, 4.69) is 26.2 Å². The number of fused-ring (bicyclic) bond motifs is 1. The Morgan fingerprint density at radius 3 is 2.92 bits per heavy atom. The van der Waals surface area contributed by atoms with Gasteiger partial charge in [0.25, 0.3) is 0 Å². The van der Waals surface area contributed by atoms with Gasteiger partial charge in [0.15, 0.2) is 11.5 Å². The molecular weight excluding hydrogens is 328 g/mol. The molecule has 126 valence electrons. The summed E-state index contributed by atoms with van der Waals surface area (Å²) in [6.45, 7) is -0.283. The van der Waals surface area contributed by atoms with Gasteiger partial charge >= 0.3 is 0 Å². The van der Waals surface area contributed by atoms with Gasteiger partial charge in [0.05, 0.1) is 24.4 Å². The standard InChI is InChI=1S/C15H18N6O2S/c1-2-15(6-22)9(23)5-10(24-15)21-7-17-12-11(21)13(18-8-3-4-8)20-14(16)19-12/h1,7-10,22-23H,3-6H2,(H3,16,18,19,20)/t9-,10+,15+/m0/s1. The first-order valence-corrected chi connectivity index (χ1v) is 8.65. The number of aliphatic hydroxyl groups is 2. The number of hydrogen-bond acceptors (Lipinski definition) is 8. The number of nitrogen functional groups attached to an aromatic ring is 1. The normalized spacial score (nSPS) is 29.7. The molecule has 2 fully saturated rings. The molecule has 0 radical (unpaired) electrons. The van der Waals surface area contributed by atoms with Gasteiger partial charge in [0.1, 0.15) is 10.3 Å². The quantitative estimate of drug-likeness (QED) is 0.585. The lowest BCUT2D eigenvalue weighted by molar-refractivity contribution is 0.114. The molecule has 2 aromatic heterocycles. The SMILES string of the molecule is C#C[C@]1(CO)S[C@@H](n2cnc3nc(N)nc(NC4CC4)c32)C[C@@H]1O. The molecule has 0 amide bonds. The lowest BCUT2D eigenvalue weighted by Gasteiger charge is -2.23. The van der Waals surface area contributed by atoms with Crippen molar-refractivity contribution in [2.45, 2.75) is 41.5 Å². The Kier molecular flexibility index (Phi) is 3.56. The van der Waals surface area contributed by atoms with Crippen LogP contribution in [0.5, 0.6) is 0 Å². The Morgan fingerprint density at radius 1 is 1.50 bits per heavy atom. The molecule has 0 aromatic carbocycles. The molecule has 1 aliphatic heterocycles. The predicted octanol–water partition coefficient (Wildman–Crippen LogP) is 0.343. The number of nitrogens with one attached hydrogen (secondary N) is 1. The number of imidazole rings is 1. The van der Waals surface area contributed by atoms with E-state index in [4.69, 9.17) is 12.2 Å². The van der Waals surface area contributed by atoms with Crippen LogP contribution in [0.4, 0.5) is 11.8 Å². The highest BCUT2D eigenvalue weighted by Crippen LogP contribution is 2.50. The van der Waals surface area contributed by atoms with E-state index in [9.17, 15) is 10.2 Å². The fourth-order valence-electron chi connectivity index (χ4n) is 2.94. The van der Waals surface area contributed by atoms with Crippen molar-refractivity contribution in [2.75, 3.05) is 17.7 Å². The summed E-state index contributed by atoms with van der Waals surface area (Å²) >= 11 is 1.36. The fourth-order valence-corrected chi connectivity index (χ4v) is 4.38. The average molecular weight is 346 g/mol. The molecule has 3 atom stereocenters. The van der Waals surface area contributed by atoms with E-state index in [1.807, 2.05) is 4.57 Å². The van der Waals surface area contributed by atoms with E-state index in [1.165, 1.54) is 11.8 Å². The van der Waals surface area contributed by atoms with Crippen LogP contribution in [0.3, 0.4) is 0 Å². The summed E-state index contributed by atoms with van der Waals surface area (Å²) in [6.07, 6.45) is 9.02. The Morgan fingerprint density at radius 2 is 2.29 bits per heavy atom. The monoisotopic (exact) mass is 346 g/mol. The summed E-state index contributed by atoms with van der Waals surface area (Å²) in [5, 5.41) is 23.1. The first kappa shape index (κ1) is 15.5. The minimum absolute atomic E-state index is 0.167. The van der Waals surface area contributed by atoms with Crippen molar-refractivity contribution < 1.29 is 10.2 Å². The van der Waals surface area contributed by atoms with Crippen molar-refractivity contribution in [3.05, 3.63) is 6.33 Å². The van der Waals surface area contributed by atoms with Gasteiger partial charge in [-0.1, -0.05) is 5.92 Å². The van der Waals surface area contributed by atoms with Crippen molar-refractivity contribution in [3.8, 4) is 12.3 Å². The van der Waals surface area contributed by atoms with Crippen LogP contribution >= 0.6 is 11.8 Å². The highest BCUT2D eigenvalue weighted by atomic mass is 32.2. The van der Waals surface area contributed by atoms with Crippen LogP contribution in [-0.2, 0) is 0 Å². The minimum atomic E-state index is -1.000. The molecule has 1 aliphatic carbocycles. The molecule has 3 heterocycles. The van der Waals surface area contributed by atoms with Crippen molar-refractivity contribution in [2.24, 2.45) is 0 Å². The lowest BCUT2D eigenvalue weighted by Crippen LogP contribution is -2.36. The molecule has 1 saturated carbocycles. The van der Waals surface area contributed by atoms with Gasteiger partial charge in [-0.15, -0.1) is 18.2 Å². The van der Waals surface area contributed by atoms with Gasteiger partial charge in [-0.2, -0.15) is 9.97 Å². The van der Waals surface area contributed by atoms with Crippen LogP contribution in [0, 0.1) is 12.3 Å². The Hall–Kier alpha value is -2.02. The second-order valence-electron chi connectivity index (χ2n) is 6.19. The first-order valence-electron chi connectivity index (χ1n) is 7.77. The van der Waals surface area contributed by atoms with Gasteiger partial charge in [0.2, 0.25) is 5.95 Å². The zero-order chi connectivity index (χ0) is 16.9. The van der Waals surface area contributed by atoms with Crippen LogP contribution in [-0.4, -0.2) is 53.2 Å². The highest BCUT2D eigenvalue weighted by molar-refractivity contribution is 8.01. The molecule has 0 unspecified atom stereocenters. The number of terminal acetylenes is 1. The second kappa shape index (κ2) is 5.51. The van der Waals surface area contributed by atoms with E-state index < -0.39 is 10.9 Å². The van der Waals surface area contributed by atoms with Gasteiger partial charge in [-0.05, 0) is 12.8 Å². The summed E-state index contributed by atoms with van der Waals surface area (Å²) in [5.74, 6) is 3.36. The average Bonchev–Trinajstić information content (AvgIpc) is 3.17. The number of nitrogens with zero attached hydrogens (tertiary/aromatic N) is 4. The first-order chi connectivity index (χ1) is 11.6. The van der Waals surface area contributed by atoms with Crippen molar-refractivity contribution >= 4 is 34.7 Å². The van der Waals surface area contributed by atoms with E-state index in [1.54, 1.807) is 6.33 Å². The minimum Gasteiger partial charge on any atom is -0.394 e. The van der Waals surface area contributed by atoms with Gasteiger partial charge in [-0.25, -0.2) is 4.98 Å². The molecule has 2 aromatic rings. The zero-order valence-electron chi connectivity index (χ0n) is 12.9. The third-order valence-corrected chi connectivity index (χ3v) is 6.09. The molecule has 9 heteroatoms. The number of aromatic nitrogens is 4. The number of thioether (sulfide) groups is 1. The summed E-state index contributed by atoms with van der Waals surface area (Å²) in [4.78, 5) is 12.8. The number of hydrogen-bond donors (Lipinski definition) is 4. The van der Waals surface area contributed by atoms with Gasteiger partial charge < -0.3 is 25.8 Å². The van der Waals surface area contributed by atoms with Crippen LogP contribution in [0.25, 0.3) is 11.2 Å². The maximum Gasteiger partial charge on any atom is 0.224 e. The fraction of sp³-hybridized carbons (Fsp3) is 0.533. The van der Waals surface area contributed by atoms with Crippen molar-refractivity contribution in [1.82, 2.24) is 19.5 Å².